The number of para-hydroxylation sites is 1. The fraction of sp³-hybridized carbons (Fsp3) is 0.364. The van der Waals surface area contributed by atoms with Gasteiger partial charge in [0, 0.05) is 11.5 Å². The summed E-state index contributed by atoms with van der Waals surface area (Å²) < 4.78 is 37.5. The Morgan fingerprint density at radius 2 is 1.65 bits per heavy atom. The number of fused-ring (bicyclic) bond motifs is 1. The van der Waals surface area contributed by atoms with Crippen LogP contribution in [0.25, 0.3) is 0 Å². The average molecular weight is 562 g/mol. The van der Waals surface area contributed by atoms with Crippen molar-refractivity contribution in [3.63, 3.8) is 0 Å². The second-order valence-corrected chi connectivity index (χ2v) is 13.1. The number of carbonyl (C=O) groups excluding carboxylic acids is 1. The van der Waals surface area contributed by atoms with Crippen molar-refractivity contribution < 1.29 is 23.6 Å². The molecule has 1 heterocycles. The molecule has 0 aromatic heterocycles. The van der Waals surface area contributed by atoms with Gasteiger partial charge in [-0.25, -0.2) is 0 Å². The molecule has 1 unspecified atom stereocenters. The second-order valence-electron chi connectivity index (χ2n) is 10.8. The molecule has 0 bridgehead atoms. The third kappa shape index (κ3) is 5.58. The van der Waals surface area contributed by atoms with Crippen molar-refractivity contribution in [2.75, 3.05) is 14.2 Å². The molecule has 0 spiro atoms. The van der Waals surface area contributed by atoms with Crippen LogP contribution in [0.4, 0.5) is 5.69 Å². The maximum atomic E-state index is 15.3. The van der Waals surface area contributed by atoms with Crippen LogP contribution in [-0.4, -0.2) is 30.0 Å². The van der Waals surface area contributed by atoms with Crippen molar-refractivity contribution in [1.82, 2.24) is 0 Å². The second kappa shape index (κ2) is 12.0. The third-order valence-corrected chi connectivity index (χ3v) is 10.4. The van der Waals surface area contributed by atoms with E-state index in [-0.39, 0.29) is 24.2 Å². The van der Waals surface area contributed by atoms with Crippen molar-refractivity contribution in [1.29, 1.82) is 0 Å². The van der Waals surface area contributed by atoms with Crippen LogP contribution in [-0.2, 0) is 14.9 Å². The first-order valence-corrected chi connectivity index (χ1v) is 15.1. The number of hydrogen-bond acceptors (Lipinski definition) is 6. The van der Waals surface area contributed by atoms with Gasteiger partial charge in [0.25, 0.3) is 0 Å². The fourth-order valence-corrected chi connectivity index (χ4v) is 8.62. The fourth-order valence-electron chi connectivity index (χ4n) is 5.67. The van der Waals surface area contributed by atoms with Gasteiger partial charge in [-0.05, 0) is 79.6 Å². The molecule has 6 nitrogen and oxygen atoms in total. The van der Waals surface area contributed by atoms with Gasteiger partial charge < -0.3 is 18.8 Å². The lowest BCUT2D eigenvalue weighted by molar-refractivity contribution is -0.135. The summed E-state index contributed by atoms with van der Waals surface area (Å²) >= 11 is 0. The summed E-state index contributed by atoms with van der Waals surface area (Å²) in [6, 6.07) is 17.1. The Hall–Kier alpha value is -3.42. The summed E-state index contributed by atoms with van der Waals surface area (Å²) in [5, 5.41) is -0.500. The Balaban J connectivity index is 1.89. The van der Waals surface area contributed by atoms with Gasteiger partial charge >= 0.3 is 5.97 Å². The number of aryl methyl sites for hydroxylation is 2. The zero-order chi connectivity index (χ0) is 29.2. The quantitative estimate of drug-likeness (QED) is 0.121. The molecule has 40 heavy (non-hydrogen) atoms. The molecule has 0 saturated carbocycles. The van der Waals surface area contributed by atoms with Crippen molar-refractivity contribution >= 4 is 21.8 Å². The molecule has 0 radical (unpaired) electrons. The van der Waals surface area contributed by atoms with Gasteiger partial charge in [-0.3, -0.25) is 4.79 Å². The van der Waals surface area contributed by atoms with Crippen LogP contribution in [0.3, 0.4) is 0 Å². The molecular formula is C33H39NO5S. The van der Waals surface area contributed by atoms with E-state index in [1.165, 1.54) is 0 Å². The number of nitrogens with zero attached hydrogens (tertiary/aromatic N) is 1. The molecule has 1 aliphatic rings. The van der Waals surface area contributed by atoms with E-state index in [1.807, 2.05) is 96.1 Å². The third-order valence-electron chi connectivity index (χ3n) is 7.48. The predicted molar refractivity (Wildman–Crippen MR) is 161 cm³/mol. The molecule has 0 saturated heterocycles. The van der Waals surface area contributed by atoms with Crippen molar-refractivity contribution in [2.24, 2.45) is 10.3 Å². The molecule has 3 aromatic rings. The summed E-state index contributed by atoms with van der Waals surface area (Å²) in [4.78, 5) is 14.0. The van der Waals surface area contributed by atoms with Gasteiger partial charge in [0.15, 0.2) is 11.5 Å². The van der Waals surface area contributed by atoms with Gasteiger partial charge in [0.2, 0.25) is 0 Å². The molecule has 0 fully saturated rings. The number of carbonyl (C=O) groups is 1. The van der Waals surface area contributed by atoms with Crippen LogP contribution in [0.5, 0.6) is 17.2 Å². The van der Waals surface area contributed by atoms with Gasteiger partial charge in [-0.15, -0.1) is 4.36 Å². The van der Waals surface area contributed by atoms with Crippen LogP contribution in [0.2, 0.25) is 0 Å². The molecule has 4 rings (SSSR count). The number of benzene rings is 3. The minimum absolute atomic E-state index is 0.0898. The first-order valence-electron chi connectivity index (χ1n) is 13.5. The monoisotopic (exact) mass is 561 g/mol. The number of hydrogen-bond donors (Lipinski definition) is 0. The Labute approximate surface area is 239 Å². The molecule has 0 N–H and O–H groups in total. The first kappa shape index (κ1) is 29.6. The van der Waals surface area contributed by atoms with Gasteiger partial charge in [-0.1, -0.05) is 55.0 Å². The highest BCUT2D eigenvalue weighted by atomic mass is 32.3. The SMILES string of the molecule is COc1cc2c(c(C)c1OC)N=[S+]([O-])(c1ccccc1)[C@H]([C@@H](C)CC(=O)Oc1c(C)cccc1C)[C@H]2C=C(C)C. The smallest absolute Gasteiger partial charge is 0.311 e. The molecule has 212 valence electrons. The van der Waals surface area contributed by atoms with Crippen molar-refractivity contribution in [2.45, 2.75) is 64.0 Å². The van der Waals surface area contributed by atoms with E-state index in [1.54, 1.807) is 14.2 Å². The Morgan fingerprint density at radius 1 is 1.00 bits per heavy atom. The topological polar surface area (TPSA) is 80.2 Å². The number of ether oxygens (including phenoxy) is 3. The van der Waals surface area contributed by atoms with Crippen molar-refractivity contribution in [3.8, 4) is 17.2 Å². The average Bonchev–Trinajstić information content (AvgIpc) is 2.91. The molecule has 3 aromatic carbocycles. The van der Waals surface area contributed by atoms with Crippen LogP contribution in [0.15, 0.2) is 75.5 Å². The van der Waals surface area contributed by atoms with E-state index in [4.69, 9.17) is 18.6 Å². The summed E-state index contributed by atoms with van der Waals surface area (Å²) in [7, 11) is 0.157. The molecule has 7 heteroatoms. The first-order chi connectivity index (χ1) is 19.0. The highest BCUT2D eigenvalue weighted by Crippen LogP contribution is 2.53. The van der Waals surface area contributed by atoms with E-state index in [0.29, 0.717) is 27.8 Å². The lowest BCUT2D eigenvalue weighted by Crippen LogP contribution is -2.41. The summed E-state index contributed by atoms with van der Waals surface area (Å²) in [5.41, 5.74) is 5.20. The largest absolute Gasteiger partial charge is 0.626 e. The number of methoxy groups -OCH3 is 2. The predicted octanol–water partition coefficient (Wildman–Crippen LogP) is 7.85. The normalized spacial score (nSPS) is 20.5. The van der Waals surface area contributed by atoms with Crippen LogP contribution in [0, 0.1) is 26.7 Å². The molecule has 0 amide bonds. The summed E-state index contributed by atoms with van der Waals surface area (Å²) in [6.45, 7) is 11.8. The van der Waals surface area contributed by atoms with E-state index < -0.39 is 15.4 Å². The van der Waals surface area contributed by atoms with Crippen LogP contribution in [0.1, 0.15) is 55.4 Å². The number of esters is 1. The van der Waals surface area contributed by atoms with E-state index >= 15 is 4.55 Å². The highest BCUT2D eigenvalue weighted by Gasteiger charge is 2.46. The molecule has 1 aliphatic heterocycles. The Bertz CT molecular complexity index is 1470. The standard InChI is InChI=1S/C33H39NO5S/c1-20(2)17-27-26-19-28(37-7)32(38-8)24(6)30(26)34-40(36,25-15-10-9-11-16-25)33(27)23(5)18-29(35)39-31-21(3)13-12-14-22(31)4/h9-17,19,23,27,33H,18H2,1-8H3/t23-,27-,33+,40?/m0/s1. The minimum atomic E-state index is -3.04. The van der Waals surface area contributed by atoms with E-state index in [0.717, 1.165) is 27.8 Å². The molecule has 0 aliphatic carbocycles. The van der Waals surface area contributed by atoms with Crippen molar-refractivity contribution in [3.05, 3.63) is 88.5 Å². The lowest BCUT2D eigenvalue weighted by atomic mass is 9.84. The maximum Gasteiger partial charge on any atom is 0.311 e. The van der Waals surface area contributed by atoms with Crippen LogP contribution < -0.4 is 14.2 Å². The summed E-state index contributed by atoms with van der Waals surface area (Å²) in [6.07, 6.45) is 2.23. The highest BCUT2D eigenvalue weighted by molar-refractivity contribution is 8.00. The van der Waals surface area contributed by atoms with Crippen LogP contribution >= 0.6 is 0 Å². The zero-order valence-electron chi connectivity index (χ0n) is 24.6. The Morgan fingerprint density at radius 3 is 2.23 bits per heavy atom. The number of rotatable bonds is 8. The Kier molecular flexibility index (Phi) is 8.86. The van der Waals surface area contributed by atoms with Gasteiger partial charge in [0.05, 0.1) is 26.6 Å². The van der Waals surface area contributed by atoms with E-state index in [2.05, 4.69) is 6.08 Å². The molecular weight excluding hydrogens is 522 g/mol. The molecule has 4 atom stereocenters. The summed E-state index contributed by atoms with van der Waals surface area (Å²) in [5.74, 6) is 0.775. The maximum absolute atomic E-state index is 15.3. The van der Waals surface area contributed by atoms with E-state index in [9.17, 15) is 4.79 Å². The van der Waals surface area contributed by atoms with Gasteiger partial charge in [0.1, 0.15) is 21.6 Å². The van der Waals surface area contributed by atoms with Gasteiger partial charge in [-0.2, -0.15) is 0 Å². The lowest BCUT2D eigenvalue weighted by Gasteiger charge is -2.42. The number of allylic oxidation sites excluding steroid dienone is 2. The zero-order valence-corrected chi connectivity index (χ0v) is 25.4. The minimum Gasteiger partial charge on any atom is -0.626 e.